The number of nitrogens with zero attached hydrogens (tertiary/aromatic N) is 2. The minimum absolute atomic E-state index is 0. The third-order valence-corrected chi connectivity index (χ3v) is 11.9. The second kappa shape index (κ2) is 21.5. The molecule has 44 heavy (non-hydrogen) atoms. The van der Waals surface area contributed by atoms with Crippen LogP contribution in [0.2, 0.25) is 0 Å². The Morgan fingerprint density at radius 2 is 0.932 bits per heavy atom. The molecular weight excluding hydrogens is 837 g/mol. The van der Waals surface area contributed by atoms with Crippen LogP contribution in [0.4, 0.5) is 0 Å². The SMILES string of the molecule is C1=CC(=[PH](c2ccccc2)c2ccccc2)C=C1.N#CN=C([S-])[S-].[Fe].[Pt+2].c1ccc([PH](=C2[CH-][CH-][CH-][CH-]2)c2ccccc2)cc1. The van der Waals surface area contributed by atoms with Gasteiger partial charge in [0, 0.05) is 17.1 Å². The van der Waals surface area contributed by atoms with E-state index in [9.17, 15) is 0 Å². The van der Waals surface area contributed by atoms with Crippen LogP contribution in [0.1, 0.15) is 0 Å². The summed E-state index contributed by atoms with van der Waals surface area (Å²) in [5, 5.41) is 16.4. The minimum atomic E-state index is -0.834. The smallest absolute Gasteiger partial charge is 0.788 e. The topological polar surface area (TPSA) is 36.1 Å². The summed E-state index contributed by atoms with van der Waals surface area (Å²) >= 11 is 8.44. The maximum absolute atomic E-state index is 7.67. The van der Waals surface area contributed by atoms with Crippen LogP contribution >= 0.6 is 15.1 Å². The maximum atomic E-state index is 7.67. The zero-order valence-electron chi connectivity index (χ0n) is 23.5. The van der Waals surface area contributed by atoms with Crippen LogP contribution in [0.5, 0.6) is 0 Å². The molecule has 0 bridgehead atoms. The van der Waals surface area contributed by atoms with E-state index in [0.29, 0.717) is 0 Å². The Morgan fingerprint density at radius 3 is 1.23 bits per heavy atom. The molecule has 0 radical (unpaired) electrons. The van der Waals surface area contributed by atoms with Crippen molar-refractivity contribution < 1.29 is 38.1 Å². The van der Waals surface area contributed by atoms with E-state index >= 15 is 0 Å². The van der Waals surface area contributed by atoms with Gasteiger partial charge in [-0.25, -0.2) is 9.37 Å². The third kappa shape index (κ3) is 11.9. The first-order valence-electron chi connectivity index (χ1n) is 13.4. The van der Waals surface area contributed by atoms with Crippen LogP contribution in [0.3, 0.4) is 0 Å². The first-order valence-corrected chi connectivity index (χ1v) is 17.2. The van der Waals surface area contributed by atoms with Gasteiger partial charge in [0.15, 0.2) is 0 Å². The summed E-state index contributed by atoms with van der Waals surface area (Å²) in [5.74, 6) is 0. The maximum Gasteiger partial charge on any atom is 2.00 e. The summed E-state index contributed by atoms with van der Waals surface area (Å²) < 4.78 is -0.0301. The van der Waals surface area contributed by atoms with Gasteiger partial charge in [-0.05, 0) is 26.5 Å². The number of allylic oxidation sites excluding steroid dienone is 4. The van der Waals surface area contributed by atoms with Crippen LogP contribution in [0, 0.1) is 37.1 Å². The molecular formula is C36H30FeN2P2PtS2-4. The Kier molecular flexibility index (Phi) is 18.5. The fourth-order valence-corrected chi connectivity index (χ4v) is 9.78. The second-order valence-corrected chi connectivity index (χ2v) is 15.0. The van der Waals surface area contributed by atoms with E-state index in [1.165, 1.54) is 38.0 Å². The number of nitriles is 1. The van der Waals surface area contributed by atoms with E-state index in [-0.39, 0.29) is 42.5 Å². The quantitative estimate of drug-likeness (QED) is 0.0487. The van der Waals surface area contributed by atoms with E-state index in [1.54, 1.807) is 0 Å². The average molecular weight is 868 g/mol. The third-order valence-electron chi connectivity index (χ3n) is 6.29. The largest absolute Gasteiger partial charge is 2.00 e. The Labute approximate surface area is 300 Å². The zero-order valence-corrected chi connectivity index (χ0v) is 30.6. The molecule has 0 saturated heterocycles. The molecule has 0 amide bonds. The second-order valence-electron chi connectivity index (χ2n) is 9.04. The molecule has 4 aromatic carbocycles. The van der Waals surface area contributed by atoms with Crippen molar-refractivity contribution in [2.75, 3.05) is 0 Å². The van der Waals surface area contributed by atoms with Crippen LogP contribution < -0.4 is 21.2 Å². The summed E-state index contributed by atoms with van der Waals surface area (Å²) in [6.07, 6.45) is 18.9. The Hall–Kier alpha value is -2.23. The van der Waals surface area contributed by atoms with Crippen LogP contribution in [0.25, 0.3) is 0 Å². The van der Waals surface area contributed by atoms with Crippen molar-refractivity contribution in [1.29, 1.82) is 5.26 Å². The number of hydrogen-bond donors (Lipinski definition) is 0. The normalized spacial score (nSPS) is 12.6. The van der Waals surface area contributed by atoms with Crippen molar-refractivity contribution >= 4 is 76.5 Å². The van der Waals surface area contributed by atoms with Crippen molar-refractivity contribution in [2.24, 2.45) is 4.99 Å². The van der Waals surface area contributed by atoms with Gasteiger partial charge < -0.3 is 56.2 Å². The number of benzene rings is 4. The van der Waals surface area contributed by atoms with E-state index < -0.39 is 15.1 Å². The fraction of sp³-hybridized carbons (Fsp3) is 0. The summed E-state index contributed by atoms with van der Waals surface area (Å²) in [6, 6.07) is 43.3. The summed E-state index contributed by atoms with van der Waals surface area (Å²) in [6.45, 7) is 0. The molecule has 0 spiro atoms. The summed E-state index contributed by atoms with van der Waals surface area (Å²) in [5.41, 5.74) is 0. The van der Waals surface area contributed by atoms with Crippen molar-refractivity contribution in [3.05, 3.63) is 171 Å². The fourth-order valence-electron chi connectivity index (χ4n) is 4.54. The average Bonchev–Trinajstić information content (AvgIpc) is 3.76. The van der Waals surface area contributed by atoms with E-state index in [2.05, 4.69) is 202 Å². The molecule has 0 heterocycles. The van der Waals surface area contributed by atoms with Crippen molar-refractivity contribution in [3.63, 3.8) is 0 Å². The Bertz CT molecular complexity index is 1530. The predicted octanol–water partition coefficient (Wildman–Crippen LogP) is 5.92. The monoisotopic (exact) mass is 867 g/mol. The number of rotatable bonds is 4. The van der Waals surface area contributed by atoms with Gasteiger partial charge in [-0.15, -0.1) is 7.55 Å². The van der Waals surface area contributed by atoms with Crippen molar-refractivity contribution in [3.8, 4) is 6.19 Å². The van der Waals surface area contributed by atoms with Crippen LogP contribution in [-0.2, 0) is 63.4 Å². The van der Waals surface area contributed by atoms with Gasteiger partial charge in [0.2, 0.25) is 6.19 Å². The molecule has 0 atom stereocenters. The van der Waals surface area contributed by atoms with Gasteiger partial charge in [0.05, 0.1) is 0 Å². The molecule has 2 aliphatic rings. The van der Waals surface area contributed by atoms with Gasteiger partial charge in [-0.2, -0.15) is 5.26 Å². The van der Waals surface area contributed by atoms with E-state index in [4.69, 9.17) is 5.26 Å². The molecule has 0 aromatic heterocycles. The molecule has 6 rings (SSSR count). The molecule has 0 N–H and O–H groups in total. The molecule has 8 heteroatoms. The van der Waals surface area contributed by atoms with Gasteiger partial charge in [-0.3, -0.25) is 0 Å². The summed E-state index contributed by atoms with van der Waals surface area (Å²) in [4.78, 5) is 2.98. The van der Waals surface area contributed by atoms with E-state index in [1.807, 2.05) is 0 Å². The first-order chi connectivity index (χ1) is 20.7. The van der Waals surface area contributed by atoms with Gasteiger partial charge in [0.25, 0.3) is 0 Å². The molecule has 1 saturated carbocycles. The van der Waals surface area contributed by atoms with Gasteiger partial charge in [-0.1, -0.05) is 153 Å². The minimum Gasteiger partial charge on any atom is -0.788 e. The predicted molar refractivity (Wildman–Crippen MR) is 194 cm³/mol. The summed E-state index contributed by atoms with van der Waals surface area (Å²) in [7, 11) is -1.67. The van der Waals surface area contributed by atoms with Crippen LogP contribution in [0.15, 0.2) is 151 Å². The Balaban J connectivity index is 0.000000251. The molecule has 2 nitrogen and oxygen atoms in total. The number of aliphatic imine (C=N–C) groups is 1. The van der Waals surface area contributed by atoms with E-state index in [0.717, 1.165) is 0 Å². The molecule has 0 unspecified atom stereocenters. The first kappa shape index (κ1) is 38.0. The van der Waals surface area contributed by atoms with Crippen LogP contribution in [-0.4, -0.2) is 15.0 Å². The molecule has 1 fully saturated rings. The molecule has 4 aromatic rings. The van der Waals surface area contributed by atoms with Crippen molar-refractivity contribution in [2.45, 2.75) is 0 Å². The van der Waals surface area contributed by atoms with Gasteiger partial charge in [0.1, 0.15) is 0 Å². The molecule has 2 aliphatic carbocycles. The molecule has 0 aliphatic heterocycles. The number of hydrogen-bond acceptors (Lipinski definition) is 4. The standard InChI is InChI=1S/2C17H15P.C2H2N2S2.Fe.Pt/c2*1-3-9-15(10-4-1)18(17-13-7-8-14-17)16-11-5-2-6-12-16;3-1-4-2(5)6;;/h2*1-14,18H;(H2,4,5,6);;/q;-4;;;+2/p-2. The Morgan fingerprint density at radius 1 is 0.591 bits per heavy atom. The molecule has 228 valence electrons. The van der Waals surface area contributed by atoms with Crippen molar-refractivity contribution in [1.82, 2.24) is 0 Å². The zero-order chi connectivity index (χ0) is 29.4. The van der Waals surface area contributed by atoms with Gasteiger partial charge >= 0.3 is 21.1 Å².